The number of carbonyl (C=O) groups is 2. The van der Waals surface area contributed by atoms with Gasteiger partial charge in [-0.3, -0.25) is 9.50 Å². The lowest BCUT2D eigenvalue weighted by Gasteiger charge is -2.22. The van der Waals surface area contributed by atoms with Crippen LogP contribution >= 0.6 is 0 Å². The molecule has 19 heavy (non-hydrogen) atoms. The summed E-state index contributed by atoms with van der Waals surface area (Å²) >= 11 is 0. The number of esters is 1. The summed E-state index contributed by atoms with van der Waals surface area (Å²) in [5.41, 5.74) is -0.766. The highest BCUT2D eigenvalue weighted by molar-refractivity contribution is 6.03. The average Bonchev–Trinajstić information content (AvgIpc) is 2.37. The first-order chi connectivity index (χ1) is 8.40. The number of rotatable bonds is 5. The van der Waals surface area contributed by atoms with Crippen molar-refractivity contribution in [3.63, 3.8) is 0 Å². The summed E-state index contributed by atoms with van der Waals surface area (Å²) in [6.45, 7) is 6.38. The Hall–Kier alpha value is -2.17. The number of benzene rings is 1. The fourth-order valence-corrected chi connectivity index (χ4v) is 1.43. The third-order valence-electron chi connectivity index (χ3n) is 2.42. The summed E-state index contributed by atoms with van der Waals surface area (Å²) in [6.07, 6.45) is 1.03. The SMILES string of the molecule is C=CC(=O)OC(C)(C)C(=O)c1ccc(OC)cc1.F. The van der Waals surface area contributed by atoms with Gasteiger partial charge in [0.25, 0.3) is 0 Å². The van der Waals surface area contributed by atoms with Gasteiger partial charge in [-0.2, -0.15) is 0 Å². The number of hydrogen-bond donors (Lipinski definition) is 0. The largest absolute Gasteiger partial charge is 0.497 e. The van der Waals surface area contributed by atoms with Crippen molar-refractivity contribution in [1.82, 2.24) is 0 Å². The summed E-state index contributed by atoms with van der Waals surface area (Å²) in [7, 11) is 1.55. The second-order valence-corrected chi connectivity index (χ2v) is 4.19. The van der Waals surface area contributed by atoms with Gasteiger partial charge in [0.2, 0.25) is 5.78 Å². The molecule has 0 radical (unpaired) electrons. The molecule has 1 rings (SSSR count). The van der Waals surface area contributed by atoms with Crippen LogP contribution in [0.2, 0.25) is 0 Å². The molecule has 0 bridgehead atoms. The third-order valence-corrected chi connectivity index (χ3v) is 2.42. The van der Waals surface area contributed by atoms with Crippen LogP contribution in [0, 0.1) is 0 Å². The monoisotopic (exact) mass is 268 g/mol. The van der Waals surface area contributed by atoms with E-state index in [-0.39, 0.29) is 10.5 Å². The van der Waals surface area contributed by atoms with E-state index < -0.39 is 11.6 Å². The van der Waals surface area contributed by atoms with Gasteiger partial charge >= 0.3 is 5.97 Å². The first-order valence-corrected chi connectivity index (χ1v) is 5.45. The predicted molar refractivity (Wildman–Crippen MR) is 70.2 cm³/mol. The molecular weight excluding hydrogens is 251 g/mol. The highest BCUT2D eigenvalue weighted by Gasteiger charge is 2.32. The Morgan fingerprint density at radius 1 is 1.21 bits per heavy atom. The first-order valence-electron chi connectivity index (χ1n) is 5.45. The van der Waals surface area contributed by atoms with Crippen LogP contribution in [0.3, 0.4) is 0 Å². The lowest BCUT2D eigenvalue weighted by Crippen LogP contribution is -2.36. The van der Waals surface area contributed by atoms with E-state index in [1.165, 1.54) is 0 Å². The lowest BCUT2D eigenvalue weighted by molar-refractivity contribution is -0.146. The van der Waals surface area contributed by atoms with Gasteiger partial charge in [0.15, 0.2) is 5.60 Å². The quantitative estimate of drug-likeness (QED) is 0.468. The van der Waals surface area contributed by atoms with E-state index in [9.17, 15) is 9.59 Å². The average molecular weight is 268 g/mol. The molecule has 0 aliphatic carbocycles. The molecule has 0 aromatic heterocycles. The zero-order chi connectivity index (χ0) is 13.8. The second-order valence-electron chi connectivity index (χ2n) is 4.19. The summed E-state index contributed by atoms with van der Waals surface area (Å²) in [4.78, 5) is 23.3. The molecule has 0 saturated carbocycles. The number of carbonyl (C=O) groups excluding carboxylic acids is 2. The van der Waals surface area contributed by atoms with Crippen molar-refractivity contribution >= 4 is 11.8 Å². The molecule has 0 N–H and O–H groups in total. The van der Waals surface area contributed by atoms with Gasteiger partial charge in [0, 0.05) is 11.6 Å². The molecule has 0 unspecified atom stereocenters. The molecule has 0 amide bonds. The highest BCUT2D eigenvalue weighted by atomic mass is 19.0. The molecule has 0 aliphatic rings. The van der Waals surface area contributed by atoms with Gasteiger partial charge in [-0.15, -0.1) is 0 Å². The fourth-order valence-electron chi connectivity index (χ4n) is 1.43. The number of ether oxygens (including phenoxy) is 2. The van der Waals surface area contributed by atoms with Crippen molar-refractivity contribution in [2.45, 2.75) is 19.4 Å². The van der Waals surface area contributed by atoms with Crippen LogP contribution in [0.1, 0.15) is 24.2 Å². The van der Waals surface area contributed by atoms with Crippen LogP contribution in [0.4, 0.5) is 4.70 Å². The van der Waals surface area contributed by atoms with Crippen LogP contribution in [0.5, 0.6) is 5.75 Å². The molecule has 5 heteroatoms. The number of methoxy groups -OCH3 is 1. The van der Waals surface area contributed by atoms with Crippen molar-refractivity contribution in [1.29, 1.82) is 0 Å². The summed E-state index contributed by atoms with van der Waals surface area (Å²) in [5.74, 6) is -0.241. The smallest absolute Gasteiger partial charge is 0.331 e. The highest BCUT2D eigenvalue weighted by Crippen LogP contribution is 2.20. The van der Waals surface area contributed by atoms with Crippen LogP contribution in [-0.4, -0.2) is 24.5 Å². The van der Waals surface area contributed by atoms with Gasteiger partial charge in [-0.05, 0) is 38.1 Å². The molecule has 1 aromatic carbocycles. The van der Waals surface area contributed by atoms with Gasteiger partial charge in [0.05, 0.1) is 7.11 Å². The van der Waals surface area contributed by atoms with Crippen molar-refractivity contribution < 1.29 is 23.8 Å². The van der Waals surface area contributed by atoms with E-state index in [4.69, 9.17) is 9.47 Å². The van der Waals surface area contributed by atoms with Crippen molar-refractivity contribution in [3.8, 4) is 5.75 Å². The van der Waals surface area contributed by atoms with Crippen LogP contribution in [0.25, 0.3) is 0 Å². The van der Waals surface area contributed by atoms with Crippen LogP contribution in [-0.2, 0) is 9.53 Å². The molecule has 0 spiro atoms. The third kappa shape index (κ3) is 4.21. The number of ketones is 1. The molecule has 0 aliphatic heterocycles. The van der Waals surface area contributed by atoms with E-state index >= 15 is 0 Å². The Bertz CT molecular complexity index is 463. The minimum absolute atomic E-state index is 0. The maximum Gasteiger partial charge on any atom is 0.331 e. The van der Waals surface area contributed by atoms with E-state index in [0.29, 0.717) is 11.3 Å². The predicted octanol–water partition coefficient (Wildman–Crippen LogP) is 2.54. The van der Waals surface area contributed by atoms with Crippen LogP contribution in [0.15, 0.2) is 36.9 Å². The van der Waals surface area contributed by atoms with Crippen molar-refractivity contribution in [2.24, 2.45) is 0 Å². The molecule has 0 fully saturated rings. The van der Waals surface area contributed by atoms with Gasteiger partial charge in [-0.1, -0.05) is 6.58 Å². The topological polar surface area (TPSA) is 52.6 Å². The minimum atomic E-state index is -1.22. The Morgan fingerprint density at radius 2 is 1.74 bits per heavy atom. The Labute approximate surface area is 111 Å². The van der Waals surface area contributed by atoms with Crippen LogP contribution < -0.4 is 4.74 Å². The molecule has 1 aromatic rings. The van der Waals surface area contributed by atoms with Crippen molar-refractivity contribution in [2.75, 3.05) is 7.11 Å². The standard InChI is InChI=1S/C14H16O4.FH/c1-5-12(15)18-14(2,3)13(16)10-6-8-11(17-4)9-7-10;/h5-9H,1H2,2-4H3;1H. The van der Waals surface area contributed by atoms with Gasteiger partial charge in [0.1, 0.15) is 5.75 Å². The number of Topliss-reactive ketones (excluding diaryl/α,β-unsaturated/α-hetero) is 1. The molecule has 4 nitrogen and oxygen atoms in total. The molecule has 0 atom stereocenters. The number of hydrogen-bond acceptors (Lipinski definition) is 4. The summed E-state index contributed by atoms with van der Waals surface area (Å²) in [5, 5.41) is 0. The number of halogens is 1. The normalized spacial score (nSPS) is 10.1. The van der Waals surface area contributed by atoms with Crippen molar-refractivity contribution in [3.05, 3.63) is 42.5 Å². The van der Waals surface area contributed by atoms with Gasteiger partial charge < -0.3 is 9.47 Å². The molecule has 0 heterocycles. The maximum atomic E-state index is 12.2. The minimum Gasteiger partial charge on any atom is -0.497 e. The van der Waals surface area contributed by atoms with E-state index in [1.807, 2.05) is 0 Å². The second kappa shape index (κ2) is 6.68. The zero-order valence-corrected chi connectivity index (χ0v) is 11.1. The Morgan fingerprint density at radius 3 is 2.16 bits per heavy atom. The lowest BCUT2D eigenvalue weighted by atomic mass is 9.96. The Kier molecular flexibility index (Phi) is 5.92. The van der Waals surface area contributed by atoms with E-state index in [1.54, 1.807) is 45.2 Å². The molecule has 104 valence electrons. The zero-order valence-electron chi connectivity index (χ0n) is 11.1. The molecular formula is C14H17FO4. The maximum absolute atomic E-state index is 12.2. The van der Waals surface area contributed by atoms with E-state index in [2.05, 4.69) is 6.58 Å². The molecule has 0 saturated heterocycles. The van der Waals surface area contributed by atoms with Gasteiger partial charge in [-0.25, -0.2) is 4.79 Å². The summed E-state index contributed by atoms with van der Waals surface area (Å²) in [6, 6.07) is 6.62. The fraction of sp³-hybridized carbons (Fsp3) is 0.286. The Balaban J connectivity index is 0.00000324. The summed E-state index contributed by atoms with van der Waals surface area (Å²) < 4.78 is 10.0. The first kappa shape index (κ1) is 16.8. The van der Waals surface area contributed by atoms with E-state index in [0.717, 1.165) is 6.08 Å².